The third kappa shape index (κ3) is 3.19. The van der Waals surface area contributed by atoms with Gasteiger partial charge in [-0.15, -0.1) is 5.10 Å². The monoisotopic (exact) mass is 213 g/mol. The van der Waals surface area contributed by atoms with E-state index in [0.717, 1.165) is 0 Å². The number of nitrogens with zero attached hydrogens (tertiary/aromatic N) is 5. The van der Waals surface area contributed by atoms with Gasteiger partial charge in [0.05, 0.1) is 7.05 Å². The molecular formula is C8H15N5O2. The van der Waals surface area contributed by atoms with Crippen molar-refractivity contribution in [1.82, 2.24) is 20.2 Å². The summed E-state index contributed by atoms with van der Waals surface area (Å²) in [5.74, 6) is 0.215. The third-order valence-electron chi connectivity index (χ3n) is 1.47. The van der Waals surface area contributed by atoms with Crippen LogP contribution in [0.3, 0.4) is 0 Å². The van der Waals surface area contributed by atoms with Crippen LogP contribution >= 0.6 is 0 Å². The molecule has 1 heterocycles. The Balaban J connectivity index is 2.69. The Labute approximate surface area is 88.0 Å². The molecule has 0 radical (unpaired) electrons. The Morgan fingerprint density at radius 2 is 2.07 bits per heavy atom. The highest BCUT2D eigenvalue weighted by Crippen LogP contribution is 2.11. The van der Waals surface area contributed by atoms with E-state index in [2.05, 4.69) is 15.4 Å². The highest BCUT2D eigenvalue weighted by molar-refractivity contribution is 5.84. The number of aromatic nitrogens is 4. The first-order valence-corrected chi connectivity index (χ1v) is 4.50. The molecule has 1 amide bonds. The minimum Gasteiger partial charge on any atom is -0.443 e. The summed E-state index contributed by atoms with van der Waals surface area (Å²) in [6.07, 6.45) is -0.504. The van der Waals surface area contributed by atoms with Crippen molar-refractivity contribution in [3.05, 3.63) is 0 Å². The zero-order chi connectivity index (χ0) is 11.6. The van der Waals surface area contributed by atoms with Gasteiger partial charge in [0.25, 0.3) is 5.95 Å². The van der Waals surface area contributed by atoms with E-state index in [1.165, 1.54) is 16.7 Å². The van der Waals surface area contributed by atoms with Gasteiger partial charge in [-0.3, -0.25) is 0 Å². The summed E-state index contributed by atoms with van der Waals surface area (Å²) in [7, 11) is 3.16. The van der Waals surface area contributed by atoms with Crippen molar-refractivity contribution in [1.29, 1.82) is 0 Å². The Morgan fingerprint density at radius 3 is 2.47 bits per heavy atom. The quantitative estimate of drug-likeness (QED) is 0.682. The van der Waals surface area contributed by atoms with Crippen LogP contribution in [0.2, 0.25) is 0 Å². The summed E-state index contributed by atoms with van der Waals surface area (Å²) < 4.78 is 5.13. The molecule has 0 aliphatic carbocycles. The fourth-order valence-electron chi connectivity index (χ4n) is 0.820. The molecular weight excluding hydrogens is 198 g/mol. The zero-order valence-electron chi connectivity index (χ0n) is 9.55. The fraction of sp³-hybridized carbons (Fsp3) is 0.750. The number of anilines is 1. The van der Waals surface area contributed by atoms with E-state index >= 15 is 0 Å². The molecule has 1 rings (SSSR count). The van der Waals surface area contributed by atoms with E-state index in [1.54, 1.807) is 27.8 Å². The molecule has 1 aromatic rings. The summed E-state index contributed by atoms with van der Waals surface area (Å²) >= 11 is 0. The highest BCUT2D eigenvalue weighted by Gasteiger charge is 2.22. The summed E-state index contributed by atoms with van der Waals surface area (Å²) in [6, 6.07) is 0. The Kier molecular flexibility index (Phi) is 2.92. The van der Waals surface area contributed by atoms with E-state index in [9.17, 15) is 4.79 Å². The maximum atomic E-state index is 11.6. The lowest BCUT2D eigenvalue weighted by Gasteiger charge is -2.22. The van der Waals surface area contributed by atoms with Crippen LogP contribution < -0.4 is 4.90 Å². The first-order chi connectivity index (χ1) is 6.79. The minimum absolute atomic E-state index is 0.215. The molecule has 0 saturated heterocycles. The number of rotatable bonds is 1. The summed E-state index contributed by atoms with van der Waals surface area (Å²) in [4.78, 5) is 14.0. The van der Waals surface area contributed by atoms with Gasteiger partial charge in [-0.1, -0.05) is 5.10 Å². The van der Waals surface area contributed by atoms with Crippen LogP contribution in [-0.2, 0) is 11.8 Å². The molecule has 15 heavy (non-hydrogen) atoms. The number of tetrazole rings is 1. The van der Waals surface area contributed by atoms with Crippen molar-refractivity contribution in [2.45, 2.75) is 26.4 Å². The van der Waals surface area contributed by atoms with Gasteiger partial charge in [-0.25, -0.2) is 9.69 Å². The zero-order valence-corrected chi connectivity index (χ0v) is 9.55. The minimum atomic E-state index is -0.534. The van der Waals surface area contributed by atoms with Crippen molar-refractivity contribution < 1.29 is 9.53 Å². The normalized spacial score (nSPS) is 11.3. The highest BCUT2D eigenvalue weighted by atomic mass is 16.6. The number of carbonyl (C=O) groups excluding carboxylic acids is 1. The molecule has 0 aliphatic rings. The van der Waals surface area contributed by atoms with Crippen LogP contribution in [0.4, 0.5) is 10.7 Å². The fourth-order valence-corrected chi connectivity index (χ4v) is 0.820. The molecule has 0 unspecified atom stereocenters. The van der Waals surface area contributed by atoms with Crippen LogP contribution in [0.25, 0.3) is 0 Å². The SMILES string of the molecule is CN(C(=O)OC(C)(C)C)c1nnn(C)n1. The molecule has 0 aromatic carbocycles. The predicted molar refractivity (Wildman–Crippen MR) is 53.4 cm³/mol. The second-order valence-electron chi connectivity index (χ2n) is 4.12. The Hall–Kier alpha value is -1.66. The molecule has 0 bridgehead atoms. The Bertz CT molecular complexity index is 354. The summed E-state index contributed by atoms with van der Waals surface area (Å²) in [5, 5.41) is 11.2. The first-order valence-electron chi connectivity index (χ1n) is 4.50. The number of hydrogen-bond acceptors (Lipinski definition) is 5. The smallest absolute Gasteiger partial charge is 0.417 e. The second-order valence-corrected chi connectivity index (χ2v) is 4.12. The number of hydrogen-bond donors (Lipinski definition) is 0. The Morgan fingerprint density at radius 1 is 1.47 bits per heavy atom. The molecule has 7 heteroatoms. The van der Waals surface area contributed by atoms with Crippen molar-refractivity contribution in [3.8, 4) is 0 Å². The standard InChI is InChI=1S/C8H15N5O2/c1-8(2,3)15-7(14)12(4)6-9-11-13(5)10-6/h1-5H3. The average Bonchev–Trinajstić information content (AvgIpc) is 2.47. The van der Waals surface area contributed by atoms with Gasteiger partial charge in [0.15, 0.2) is 0 Å². The maximum Gasteiger partial charge on any atom is 0.417 e. The van der Waals surface area contributed by atoms with Gasteiger partial charge in [0.1, 0.15) is 5.60 Å². The number of carbonyl (C=O) groups is 1. The predicted octanol–water partition coefficient (Wildman–Crippen LogP) is 0.581. The topological polar surface area (TPSA) is 73.1 Å². The second kappa shape index (κ2) is 3.84. The van der Waals surface area contributed by atoms with E-state index in [0.29, 0.717) is 0 Å². The van der Waals surface area contributed by atoms with Crippen molar-refractivity contribution >= 4 is 12.0 Å². The van der Waals surface area contributed by atoms with E-state index in [4.69, 9.17) is 4.74 Å². The molecule has 0 aliphatic heterocycles. The molecule has 0 spiro atoms. The van der Waals surface area contributed by atoms with Crippen LogP contribution in [0, 0.1) is 0 Å². The van der Waals surface area contributed by atoms with Crippen LogP contribution in [-0.4, -0.2) is 38.9 Å². The lowest BCUT2D eigenvalue weighted by Crippen LogP contribution is -2.34. The van der Waals surface area contributed by atoms with Crippen molar-refractivity contribution in [2.24, 2.45) is 7.05 Å². The van der Waals surface area contributed by atoms with E-state index in [1.807, 2.05) is 0 Å². The largest absolute Gasteiger partial charge is 0.443 e. The average molecular weight is 213 g/mol. The third-order valence-corrected chi connectivity index (χ3v) is 1.47. The lowest BCUT2D eigenvalue weighted by molar-refractivity contribution is 0.0587. The van der Waals surface area contributed by atoms with Crippen LogP contribution in [0.1, 0.15) is 20.8 Å². The maximum absolute atomic E-state index is 11.6. The molecule has 0 N–H and O–H groups in total. The molecule has 0 fully saturated rings. The van der Waals surface area contributed by atoms with Gasteiger partial charge >= 0.3 is 6.09 Å². The first kappa shape index (κ1) is 11.4. The molecule has 84 valence electrons. The molecule has 1 aromatic heterocycles. The summed E-state index contributed by atoms with van der Waals surface area (Å²) in [6.45, 7) is 5.38. The van der Waals surface area contributed by atoms with Gasteiger partial charge in [0.2, 0.25) is 0 Å². The number of amides is 1. The summed E-state index contributed by atoms with van der Waals surface area (Å²) in [5.41, 5.74) is -0.534. The van der Waals surface area contributed by atoms with Crippen LogP contribution in [0.15, 0.2) is 0 Å². The van der Waals surface area contributed by atoms with E-state index in [-0.39, 0.29) is 5.95 Å². The molecule has 0 saturated carbocycles. The molecule has 7 nitrogen and oxygen atoms in total. The van der Waals surface area contributed by atoms with Crippen LogP contribution in [0.5, 0.6) is 0 Å². The van der Waals surface area contributed by atoms with E-state index < -0.39 is 11.7 Å². The van der Waals surface area contributed by atoms with Crippen molar-refractivity contribution in [2.75, 3.05) is 11.9 Å². The van der Waals surface area contributed by atoms with Gasteiger partial charge < -0.3 is 4.74 Å². The van der Waals surface area contributed by atoms with Gasteiger partial charge in [-0.2, -0.15) is 4.80 Å². The lowest BCUT2D eigenvalue weighted by atomic mass is 10.2. The van der Waals surface area contributed by atoms with Gasteiger partial charge in [0, 0.05) is 7.05 Å². The molecule has 0 atom stereocenters. The number of aryl methyl sites for hydroxylation is 1. The van der Waals surface area contributed by atoms with Crippen molar-refractivity contribution in [3.63, 3.8) is 0 Å². The number of ether oxygens (including phenoxy) is 1. The van der Waals surface area contributed by atoms with Gasteiger partial charge in [-0.05, 0) is 26.0 Å².